The monoisotopic (exact) mass is 953 g/mol. The number of hydrogen-bond acceptors (Lipinski definition) is 5. The highest BCUT2D eigenvalue weighted by Gasteiger charge is 2.17. The first-order valence-corrected chi connectivity index (χ1v) is 30.2. The zero-order valence-corrected chi connectivity index (χ0v) is 45.9. The molecule has 0 fully saturated rings. The molecular formula is C63H116O5. The number of rotatable bonds is 56. The molecule has 0 aliphatic heterocycles. The summed E-state index contributed by atoms with van der Waals surface area (Å²) in [5, 5.41) is 0. The summed E-state index contributed by atoms with van der Waals surface area (Å²) in [5.74, 6) is -0.393. The summed E-state index contributed by atoms with van der Waals surface area (Å²) in [6.07, 6.45) is 74.2. The van der Waals surface area contributed by atoms with E-state index in [9.17, 15) is 9.59 Å². The smallest absolute Gasteiger partial charge is 0.306 e. The van der Waals surface area contributed by atoms with Crippen LogP contribution in [0.2, 0.25) is 0 Å². The average Bonchev–Trinajstić information content (AvgIpc) is 3.34. The van der Waals surface area contributed by atoms with Crippen molar-refractivity contribution < 1.29 is 23.8 Å². The number of carbonyl (C=O) groups is 2. The highest BCUT2D eigenvalue weighted by atomic mass is 16.6. The fraction of sp³-hybridized carbons (Fsp3) is 0.841. The molecule has 0 aromatic heterocycles. The van der Waals surface area contributed by atoms with Gasteiger partial charge in [-0.15, -0.1) is 0 Å². The van der Waals surface area contributed by atoms with Gasteiger partial charge in [0.15, 0.2) is 6.10 Å². The molecule has 0 bridgehead atoms. The lowest BCUT2D eigenvalue weighted by Crippen LogP contribution is -2.30. The van der Waals surface area contributed by atoms with E-state index in [1.807, 2.05) is 0 Å². The standard InChI is InChI=1S/C63H116O5/c1-4-7-10-13-16-19-22-25-28-31-32-34-35-38-41-44-47-50-53-56-62(64)67-60-61(59-66-58-55-52-49-46-43-40-37-30-27-24-21-18-15-12-9-6-3)68-63(65)57-54-51-48-45-42-39-36-33-29-26-23-20-17-14-11-8-5-2/h16-17,19-20,25-26,28-29,61H,4-15,18,21-24,27,30-60H2,1-3H3/b19-16-,20-17-,28-25-,29-26-/t61-/m1/s1. The van der Waals surface area contributed by atoms with Crippen molar-refractivity contribution in [3.63, 3.8) is 0 Å². The highest BCUT2D eigenvalue weighted by Crippen LogP contribution is 2.16. The summed E-state index contributed by atoms with van der Waals surface area (Å²) in [4.78, 5) is 25.6. The van der Waals surface area contributed by atoms with Crippen LogP contribution in [0, 0.1) is 0 Å². The van der Waals surface area contributed by atoms with E-state index in [4.69, 9.17) is 14.2 Å². The van der Waals surface area contributed by atoms with Gasteiger partial charge in [0.1, 0.15) is 6.61 Å². The van der Waals surface area contributed by atoms with E-state index in [0.717, 1.165) is 51.4 Å². The van der Waals surface area contributed by atoms with Gasteiger partial charge in [-0.05, 0) is 83.5 Å². The molecule has 1 atom stereocenters. The van der Waals surface area contributed by atoms with E-state index >= 15 is 0 Å². The van der Waals surface area contributed by atoms with Crippen LogP contribution in [0.1, 0.15) is 316 Å². The van der Waals surface area contributed by atoms with Gasteiger partial charge < -0.3 is 14.2 Å². The van der Waals surface area contributed by atoms with E-state index in [2.05, 4.69) is 69.4 Å². The minimum Gasteiger partial charge on any atom is -0.462 e. The fourth-order valence-corrected chi connectivity index (χ4v) is 8.81. The molecule has 0 N–H and O–H groups in total. The maximum Gasteiger partial charge on any atom is 0.306 e. The largest absolute Gasteiger partial charge is 0.462 e. The maximum atomic E-state index is 12.9. The van der Waals surface area contributed by atoms with Crippen LogP contribution < -0.4 is 0 Å². The van der Waals surface area contributed by atoms with Crippen LogP contribution in [-0.4, -0.2) is 37.9 Å². The van der Waals surface area contributed by atoms with Gasteiger partial charge in [0.2, 0.25) is 0 Å². The van der Waals surface area contributed by atoms with Gasteiger partial charge >= 0.3 is 11.9 Å². The molecule has 5 nitrogen and oxygen atoms in total. The molecule has 68 heavy (non-hydrogen) atoms. The number of ether oxygens (including phenoxy) is 3. The quantitative estimate of drug-likeness (QED) is 0.0345. The molecule has 0 radical (unpaired) electrons. The van der Waals surface area contributed by atoms with Crippen LogP contribution >= 0.6 is 0 Å². The van der Waals surface area contributed by atoms with Crippen molar-refractivity contribution in [1.82, 2.24) is 0 Å². The SMILES string of the molecule is CCCCC/C=C\C/C=C\CCCCCCCCCCCC(=O)OC[C@@H](COCCCCCCCCCCCCCCCCCC)OC(=O)CCCCCCCCC/C=C\C/C=C\CCCCC. The molecule has 0 saturated heterocycles. The molecule has 0 amide bonds. The first-order valence-electron chi connectivity index (χ1n) is 30.2. The highest BCUT2D eigenvalue weighted by molar-refractivity contribution is 5.70. The normalized spacial score (nSPS) is 12.5. The summed E-state index contributed by atoms with van der Waals surface area (Å²) in [5.41, 5.74) is 0. The summed E-state index contributed by atoms with van der Waals surface area (Å²) >= 11 is 0. The molecule has 398 valence electrons. The molecule has 0 saturated carbocycles. The average molecular weight is 954 g/mol. The summed E-state index contributed by atoms with van der Waals surface area (Å²) in [6.45, 7) is 7.83. The fourth-order valence-electron chi connectivity index (χ4n) is 8.81. The zero-order valence-electron chi connectivity index (χ0n) is 45.9. The lowest BCUT2D eigenvalue weighted by molar-refractivity contribution is -0.163. The van der Waals surface area contributed by atoms with Crippen molar-refractivity contribution in [2.75, 3.05) is 19.8 Å². The van der Waals surface area contributed by atoms with Crippen LogP contribution in [0.15, 0.2) is 48.6 Å². The summed E-state index contributed by atoms with van der Waals surface area (Å²) < 4.78 is 17.5. The Morgan fingerprint density at radius 1 is 0.324 bits per heavy atom. The molecule has 0 aromatic carbocycles. The minimum atomic E-state index is -0.540. The van der Waals surface area contributed by atoms with E-state index in [1.54, 1.807) is 0 Å². The first-order chi connectivity index (χ1) is 33.6. The Bertz CT molecular complexity index is 1120. The van der Waals surface area contributed by atoms with Crippen molar-refractivity contribution in [2.45, 2.75) is 322 Å². The second-order valence-corrected chi connectivity index (χ2v) is 20.3. The Labute approximate surface area is 424 Å². The molecule has 0 aromatic rings. The van der Waals surface area contributed by atoms with Crippen molar-refractivity contribution in [1.29, 1.82) is 0 Å². The van der Waals surface area contributed by atoms with Crippen molar-refractivity contribution >= 4 is 11.9 Å². The van der Waals surface area contributed by atoms with Gasteiger partial charge in [-0.25, -0.2) is 0 Å². The lowest BCUT2D eigenvalue weighted by Gasteiger charge is -2.18. The van der Waals surface area contributed by atoms with Crippen LogP contribution in [0.25, 0.3) is 0 Å². The van der Waals surface area contributed by atoms with Gasteiger partial charge in [0.25, 0.3) is 0 Å². The van der Waals surface area contributed by atoms with Gasteiger partial charge in [-0.1, -0.05) is 268 Å². The number of hydrogen-bond donors (Lipinski definition) is 0. The molecule has 0 spiro atoms. The van der Waals surface area contributed by atoms with Crippen LogP contribution in [-0.2, 0) is 23.8 Å². The Morgan fingerprint density at radius 3 is 1.00 bits per heavy atom. The first kappa shape index (κ1) is 65.9. The molecule has 5 heteroatoms. The van der Waals surface area contributed by atoms with E-state index < -0.39 is 6.10 Å². The molecule has 0 heterocycles. The molecule has 0 unspecified atom stereocenters. The third kappa shape index (κ3) is 56.4. The molecule has 0 aliphatic carbocycles. The molecule has 0 aliphatic rings. The Kier molecular flexibility index (Phi) is 57.3. The van der Waals surface area contributed by atoms with Crippen molar-refractivity contribution in [3.8, 4) is 0 Å². The van der Waals surface area contributed by atoms with Gasteiger partial charge in [-0.2, -0.15) is 0 Å². The third-order valence-electron chi connectivity index (χ3n) is 13.3. The maximum absolute atomic E-state index is 12.9. The Morgan fingerprint density at radius 2 is 0.618 bits per heavy atom. The number of unbranched alkanes of at least 4 members (excludes halogenated alkanes) is 37. The lowest BCUT2D eigenvalue weighted by atomic mass is 10.0. The van der Waals surface area contributed by atoms with Crippen LogP contribution in [0.5, 0.6) is 0 Å². The molecule has 0 rings (SSSR count). The minimum absolute atomic E-state index is 0.0838. The second kappa shape index (κ2) is 59.2. The van der Waals surface area contributed by atoms with E-state index in [-0.39, 0.29) is 25.2 Å². The van der Waals surface area contributed by atoms with Gasteiger partial charge in [0.05, 0.1) is 6.61 Å². The Hall–Kier alpha value is -2.14. The number of esters is 2. The summed E-state index contributed by atoms with van der Waals surface area (Å²) in [6, 6.07) is 0. The van der Waals surface area contributed by atoms with E-state index in [0.29, 0.717) is 19.4 Å². The predicted octanol–water partition coefficient (Wildman–Crippen LogP) is 20.7. The predicted molar refractivity (Wildman–Crippen MR) is 298 cm³/mol. The van der Waals surface area contributed by atoms with Gasteiger partial charge in [-0.3, -0.25) is 9.59 Å². The number of carbonyl (C=O) groups excluding carboxylic acids is 2. The van der Waals surface area contributed by atoms with Gasteiger partial charge in [0, 0.05) is 19.4 Å². The van der Waals surface area contributed by atoms with Crippen LogP contribution in [0.4, 0.5) is 0 Å². The van der Waals surface area contributed by atoms with Crippen molar-refractivity contribution in [2.24, 2.45) is 0 Å². The zero-order chi connectivity index (χ0) is 49.2. The summed E-state index contributed by atoms with van der Waals surface area (Å²) in [7, 11) is 0. The molecular weight excluding hydrogens is 837 g/mol. The number of allylic oxidation sites excluding steroid dienone is 8. The second-order valence-electron chi connectivity index (χ2n) is 20.3. The van der Waals surface area contributed by atoms with E-state index in [1.165, 1.54) is 231 Å². The van der Waals surface area contributed by atoms with Crippen molar-refractivity contribution in [3.05, 3.63) is 48.6 Å². The van der Waals surface area contributed by atoms with Crippen LogP contribution in [0.3, 0.4) is 0 Å². The topological polar surface area (TPSA) is 61.8 Å². The third-order valence-corrected chi connectivity index (χ3v) is 13.3. The Balaban J connectivity index is 4.26.